The Labute approximate surface area is 220 Å². The van der Waals surface area contributed by atoms with E-state index in [0.29, 0.717) is 20.4 Å². The molecule has 4 rings (SSSR count). The summed E-state index contributed by atoms with van der Waals surface area (Å²) in [4.78, 5) is 7.99. The van der Waals surface area contributed by atoms with Gasteiger partial charge in [0.2, 0.25) is 0 Å². The van der Waals surface area contributed by atoms with Gasteiger partial charge in [-0.15, -0.1) is 0 Å². The number of nitrogens with one attached hydrogen (secondary N) is 1. The molecule has 0 spiro atoms. The molecule has 0 bridgehead atoms. The van der Waals surface area contributed by atoms with Crippen molar-refractivity contribution in [1.29, 1.82) is 0 Å². The maximum Gasteiger partial charge on any atom is 0.414 e. The van der Waals surface area contributed by atoms with Crippen molar-refractivity contribution >= 4 is 37.5 Å². The molecule has 3 unspecified atom stereocenters. The third kappa shape index (κ3) is 6.03. The Morgan fingerprint density at radius 2 is 1.28 bits per heavy atom. The van der Waals surface area contributed by atoms with Gasteiger partial charge >= 0.3 is 12.4 Å². The molecule has 36 heavy (non-hydrogen) atoms. The summed E-state index contributed by atoms with van der Waals surface area (Å²) < 4.78 is 88.4. The highest BCUT2D eigenvalue weighted by molar-refractivity contribution is 9.10. The summed E-state index contributed by atoms with van der Waals surface area (Å²) in [6.07, 6.45) is -7.08. The van der Waals surface area contributed by atoms with E-state index in [2.05, 4.69) is 47.1 Å². The average molecular weight is 638 g/mol. The van der Waals surface area contributed by atoms with Crippen LogP contribution in [0.5, 0.6) is 0 Å². The first kappa shape index (κ1) is 26.9. The summed E-state index contributed by atoms with van der Waals surface area (Å²) in [5.41, 5.74) is -0.537. The molecule has 4 nitrogen and oxygen atoms in total. The molecule has 3 aromatic rings. The third-order valence-electron chi connectivity index (χ3n) is 5.96. The summed E-state index contributed by atoms with van der Waals surface area (Å²) in [5.74, 6) is 0.144. The number of rotatable bonds is 6. The van der Waals surface area contributed by atoms with Crippen molar-refractivity contribution in [2.75, 3.05) is 18.0 Å². The normalized spacial score (nSPS) is 18.2. The van der Waals surface area contributed by atoms with Crippen LogP contribution in [-0.2, 0) is 0 Å². The van der Waals surface area contributed by atoms with Gasteiger partial charge in [-0.1, -0.05) is 12.1 Å². The molecule has 1 saturated heterocycles. The molecular weight excluding hydrogens is 618 g/mol. The molecule has 192 valence electrons. The quantitative estimate of drug-likeness (QED) is 0.284. The summed E-state index contributed by atoms with van der Waals surface area (Å²) in [7, 11) is 0. The molecule has 1 N–H and O–H groups in total. The summed E-state index contributed by atoms with van der Waals surface area (Å²) in [6.45, 7) is 1.50. The van der Waals surface area contributed by atoms with Crippen LogP contribution in [0.25, 0.3) is 0 Å². The maximum atomic E-state index is 14.6. The second kappa shape index (κ2) is 10.7. The van der Waals surface area contributed by atoms with E-state index in [0.717, 1.165) is 43.1 Å². The van der Waals surface area contributed by atoms with E-state index >= 15 is 0 Å². The van der Waals surface area contributed by atoms with Gasteiger partial charge in [-0.25, -0.2) is 0 Å². The van der Waals surface area contributed by atoms with E-state index in [1.165, 1.54) is 24.3 Å². The van der Waals surface area contributed by atoms with Crippen LogP contribution in [0.2, 0.25) is 0 Å². The molecule has 0 amide bonds. The molecule has 1 fully saturated rings. The van der Waals surface area contributed by atoms with E-state index in [-0.39, 0.29) is 11.6 Å². The fourth-order valence-corrected chi connectivity index (χ4v) is 4.81. The standard InChI is InChI=1S/C24H20Br2F6N4/c25-16-3-7-19(34-12-16)21(23(27,28)29)36(18-5-1-14(2-6-18)15-9-10-33-11-15)22(24(30,31)32)20-8-4-17(26)13-35-20/h1-8,12-13,15,21-22,33H,9-11H2. The van der Waals surface area contributed by atoms with Crippen LogP contribution in [0.3, 0.4) is 0 Å². The number of pyridine rings is 2. The highest BCUT2D eigenvalue weighted by atomic mass is 79.9. The van der Waals surface area contributed by atoms with E-state index in [1.807, 2.05) is 0 Å². The van der Waals surface area contributed by atoms with E-state index in [4.69, 9.17) is 0 Å². The van der Waals surface area contributed by atoms with Crippen molar-refractivity contribution < 1.29 is 26.3 Å². The number of nitrogens with zero attached hydrogens (tertiary/aromatic N) is 3. The van der Waals surface area contributed by atoms with Gasteiger partial charge in [0.1, 0.15) is 0 Å². The highest BCUT2D eigenvalue weighted by Gasteiger charge is 2.55. The molecule has 1 aliphatic heterocycles. The van der Waals surface area contributed by atoms with Crippen molar-refractivity contribution in [3.05, 3.63) is 86.8 Å². The Morgan fingerprint density at radius 1 is 0.778 bits per heavy atom. The number of hydrogen-bond donors (Lipinski definition) is 1. The number of aromatic nitrogens is 2. The second-order valence-corrected chi connectivity index (χ2v) is 10.2. The smallest absolute Gasteiger partial charge is 0.338 e. The lowest BCUT2D eigenvalue weighted by Crippen LogP contribution is -2.47. The second-order valence-electron chi connectivity index (χ2n) is 8.38. The minimum atomic E-state index is -5.09. The fourth-order valence-electron chi connectivity index (χ4n) is 4.34. The summed E-state index contributed by atoms with van der Waals surface area (Å²) in [6, 6.07) is 5.17. The van der Waals surface area contributed by atoms with Gasteiger partial charge in [0.05, 0.1) is 11.4 Å². The topological polar surface area (TPSA) is 41.1 Å². The average Bonchev–Trinajstić information content (AvgIpc) is 3.35. The fraction of sp³-hybridized carbons (Fsp3) is 0.333. The first-order chi connectivity index (χ1) is 16.9. The lowest BCUT2D eigenvalue weighted by Gasteiger charge is -2.41. The molecule has 0 aliphatic carbocycles. The maximum absolute atomic E-state index is 14.6. The van der Waals surface area contributed by atoms with Gasteiger partial charge in [-0.3, -0.25) is 9.97 Å². The van der Waals surface area contributed by atoms with Crippen LogP contribution in [0, 0.1) is 0 Å². The van der Waals surface area contributed by atoms with Crippen molar-refractivity contribution in [2.24, 2.45) is 0 Å². The molecule has 3 atom stereocenters. The number of halogens is 8. The number of alkyl halides is 6. The zero-order valence-electron chi connectivity index (χ0n) is 18.5. The van der Waals surface area contributed by atoms with E-state index < -0.39 is 35.8 Å². The monoisotopic (exact) mass is 636 g/mol. The van der Waals surface area contributed by atoms with Crippen molar-refractivity contribution in [1.82, 2.24) is 15.3 Å². The number of hydrogen-bond acceptors (Lipinski definition) is 4. The van der Waals surface area contributed by atoms with Gasteiger partial charge in [0.15, 0.2) is 12.1 Å². The van der Waals surface area contributed by atoms with Crippen molar-refractivity contribution in [3.8, 4) is 0 Å². The highest BCUT2D eigenvalue weighted by Crippen LogP contribution is 2.49. The van der Waals surface area contributed by atoms with Crippen molar-refractivity contribution in [3.63, 3.8) is 0 Å². The SMILES string of the molecule is FC(F)(F)C(c1ccc(Br)cn1)N(c1ccc(C2CCNC2)cc1)C(c1ccc(Br)cn1)C(F)(F)F. The van der Waals surface area contributed by atoms with Gasteiger partial charge in [-0.05, 0) is 92.7 Å². The minimum Gasteiger partial charge on any atom is -0.338 e. The van der Waals surface area contributed by atoms with Crippen LogP contribution < -0.4 is 10.2 Å². The Hall–Kier alpha value is -2.18. The zero-order chi connectivity index (χ0) is 26.1. The molecular formula is C24H20Br2F6N4. The van der Waals surface area contributed by atoms with E-state index in [9.17, 15) is 26.3 Å². The zero-order valence-corrected chi connectivity index (χ0v) is 21.7. The van der Waals surface area contributed by atoms with Gasteiger partial charge in [0, 0.05) is 33.6 Å². The molecule has 1 aliphatic rings. The Balaban J connectivity index is 1.91. The van der Waals surface area contributed by atoms with Crippen molar-refractivity contribution in [2.45, 2.75) is 36.8 Å². The Kier molecular flexibility index (Phi) is 7.96. The van der Waals surface area contributed by atoms with Crippen LogP contribution in [0.1, 0.15) is 41.4 Å². The first-order valence-corrected chi connectivity index (χ1v) is 12.5. The lowest BCUT2D eigenvalue weighted by atomic mass is 9.97. The predicted octanol–water partition coefficient (Wildman–Crippen LogP) is 7.49. The lowest BCUT2D eigenvalue weighted by molar-refractivity contribution is -0.177. The van der Waals surface area contributed by atoms with Gasteiger partial charge in [-0.2, -0.15) is 26.3 Å². The molecule has 0 radical (unpaired) electrons. The third-order valence-corrected chi connectivity index (χ3v) is 6.90. The Bertz CT molecular complexity index is 1080. The van der Waals surface area contributed by atoms with Crippen LogP contribution in [0.15, 0.2) is 69.9 Å². The largest absolute Gasteiger partial charge is 0.414 e. The predicted molar refractivity (Wildman–Crippen MR) is 131 cm³/mol. The summed E-state index contributed by atoms with van der Waals surface area (Å²) >= 11 is 6.23. The van der Waals surface area contributed by atoms with Gasteiger partial charge in [0.25, 0.3) is 0 Å². The number of benzene rings is 1. The Morgan fingerprint density at radius 3 is 1.64 bits per heavy atom. The first-order valence-electron chi connectivity index (χ1n) is 10.9. The molecule has 3 heterocycles. The summed E-state index contributed by atoms with van der Waals surface area (Å²) in [5, 5.41) is 3.20. The van der Waals surface area contributed by atoms with Crippen LogP contribution in [0.4, 0.5) is 32.0 Å². The molecule has 0 saturated carbocycles. The molecule has 2 aromatic heterocycles. The molecule has 1 aromatic carbocycles. The van der Waals surface area contributed by atoms with Crippen LogP contribution >= 0.6 is 31.9 Å². The van der Waals surface area contributed by atoms with E-state index in [1.54, 1.807) is 12.1 Å². The minimum absolute atomic E-state index is 0.144. The van der Waals surface area contributed by atoms with Crippen LogP contribution in [-0.4, -0.2) is 35.4 Å². The number of anilines is 1. The molecule has 12 heteroatoms. The van der Waals surface area contributed by atoms with Gasteiger partial charge < -0.3 is 10.2 Å².